The SMILES string of the molecule is C=CCn1c(COc2ccc(Cl)cc2)nnc1SCC(=O)Nc1cccc([N+](=O)[O-])c1. The predicted octanol–water partition coefficient (Wildman–Crippen LogP) is 4.34. The number of aromatic nitrogens is 3. The fraction of sp³-hybridized carbons (Fsp3) is 0.150. The first-order valence-electron chi connectivity index (χ1n) is 9.04. The molecule has 1 amide bonds. The first-order chi connectivity index (χ1) is 15.0. The Kier molecular flexibility index (Phi) is 7.63. The number of halogens is 1. The number of anilines is 1. The number of nitrogens with one attached hydrogen (secondary N) is 1. The number of benzene rings is 2. The highest BCUT2D eigenvalue weighted by Crippen LogP contribution is 2.21. The van der Waals surface area contributed by atoms with E-state index in [0.717, 1.165) is 0 Å². The highest BCUT2D eigenvalue weighted by molar-refractivity contribution is 7.99. The minimum Gasteiger partial charge on any atom is -0.486 e. The lowest BCUT2D eigenvalue weighted by Gasteiger charge is -2.09. The summed E-state index contributed by atoms with van der Waals surface area (Å²) in [4.78, 5) is 22.6. The Morgan fingerprint density at radius 2 is 2.06 bits per heavy atom. The number of rotatable bonds is 10. The Bertz CT molecular complexity index is 1090. The van der Waals surface area contributed by atoms with E-state index in [0.29, 0.717) is 34.0 Å². The van der Waals surface area contributed by atoms with E-state index in [1.807, 2.05) is 0 Å². The van der Waals surface area contributed by atoms with Crippen LogP contribution in [0.15, 0.2) is 66.3 Å². The van der Waals surface area contributed by atoms with Crippen LogP contribution in [0.1, 0.15) is 5.82 Å². The third-order valence-electron chi connectivity index (χ3n) is 3.96. The average Bonchev–Trinajstić information content (AvgIpc) is 3.14. The summed E-state index contributed by atoms with van der Waals surface area (Å²) in [7, 11) is 0. The molecule has 9 nitrogen and oxygen atoms in total. The van der Waals surface area contributed by atoms with Crippen molar-refractivity contribution in [2.24, 2.45) is 0 Å². The standard InChI is InChI=1S/C20H18ClN5O4S/c1-2-10-25-18(12-30-17-8-6-14(21)7-9-17)23-24-20(25)31-13-19(27)22-15-4-3-5-16(11-15)26(28)29/h2-9,11H,1,10,12-13H2,(H,22,27). The van der Waals surface area contributed by atoms with Gasteiger partial charge in [-0.25, -0.2) is 0 Å². The van der Waals surface area contributed by atoms with Gasteiger partial charge in [-0.3, -0.25) is 19.5 Å². The molecule has 0 aliphatic heterocycles. The monoisotopic (exact) mass is 459 g/mol. The zero-order valence-corrected chi connectivity index (χ0v) is 17.8. The Morgan fingerprint density at radius 3 is 2.77 bits per heavy atom. The van der Waals surface area contributed by atoms with Crippen LogP contribution in [0.3, 0.4) is 0 Å². The molecule has 0 fully saturated rings. The van der Waals surface area contributed by atoms with E-state index >= 15 is 0 Å². The maximum atomic E-state index is 12.3. The van der Waals surface area contributed by atoms with E-state index < -0.39 is 4.92 Å². The number of allylic oxidation sites excluding steroid dienone is 1. The summed E-state index contributed by atoms with van der Waals surface area (Å²) in [5.41, 5.74) is 0.255. The number of nitro groups is 1. The molecule has 0 atom stereocenters. The van der Waals surface area contributed by atoms with Crippen molar-refractivity contribution in [2.75, 3.05) is 11.1 Å². The average molecular weight is 460 g/mol. The van der Waals surface area contributed by atoms with Crippen LogP contribution in [0.25, 0.3) is 0 Å². The van der Waals surface area contributed by atoms with Gasteiger partial charge in [-0.05, 0) is 30.3 Å². The zero-order chi connectivity index (χ0) is 22.2. The van der Waals surface area contributed by atoms with Crippen molar-refractivity contribution < 1.29 is 14.5 Å². The number of amides is 1. The van der Waals surface area contributed by atoms with Crippen molar-refractivity contribution in [1.29, 1.82) is 0 Å². The summed E-state index contributed by atoms with van der Waals surface area (Å²) in [5.74, 6) is 0.952. The molecule has 0 unspecified atom stereocenters. The molecule has 0 saturated carbocycles. The summed E-state index contributed by atoms with van der Waals surface area (Å²) in [6, 6.07) is 12.7. The molecule has 3 aromatic rings. The molecule has 3 rings (SSSR count). The van der Waals surface area contributed by atoms with Crippen LogP contribution >= 0.6 is 23.4 Å². The van der Waals surface area contributed by atoms with Crippen molar-refractivity contribution in [3.63, 3.8) is 0 Å². The number of carbonyl (C=O) groups excluding carboxylic acids is 1. The highest BCUT2D eigenvalue weighted by atomic mass is 35.5. The first-order valence-corrected chi connectivity index (χ1v) is 10.4. The predicted molar refractivity (Wildman–Crippen MR) is 118 cm³/mol. The van der Waals surface area contributed by atoms with Gasteiger partial charge >= 0.3 is 0 Å². The summed E-state index contributed by atoms with van der Waals surface area (Å²) in [6.07, 6.45) is 1.70. The molecule has 0 bridgehead atoms. The van der Waals surface area contributed by atoms with Gasteiger partial charge in [0.1, 0.15) is 12.4 Å². The van der Waals surface area contributed by atoms with Gasteiger partial charge < -0.3 is 10.1 Å². The van der Waals surface area contributed by atoms with Gasteiger partial charge in [0, 0.05) is 29.4 Å². The Labute approximate surface area is 187 Å². The Hall–Kier alpha value is -3.37. The number of hydrogen-bond donors (Lipinski definition) is 1. The van der Waals surface area contributed by atoms with Crippen molar-refractivity contribution in [3.05, 3.63) is 82.1 Å². The van der Waals surface area contributed by atoms with E-state index in [2.05, 4.69) is 22.1 Å². The van der Waals surface area contributed by atoms with Gasteiger partial charge in [-0.1, -0.05) is 35.5 Å². The van der Waals surface area contributed by atoms with Crippen LogP contribution in [0.4, 0.5) is 11.4 Å². The maximum absolute atomic E-state index is 12.3. The summed E-state index contributed by atoms with van der Waals surface area (Å²) in [5, 5.41) is 22.9. The molecular weight excluding hydrogens is 442 g/mol. The largest absolute Gasteiger partial charge is 0.486 e. The second-order valence-corrected chi connectivity index (χ2v) is 7.56. The number of nitrogens with zero attached hydrogens (tertiary/aromatic N) is 4. The van der Waals surface area contributed by atoms with Crippen molar-refractivity contribution in [3.8, 4) is 5.75 Å². The lowest BCUT2D eigenvalue weighted by molar-refractivity contribution is -0.384. The fourth-order valence-corrected chi connectivity index (χ4v) is 3.44. The molecule has 11 heteroatoms. The van der Waals surface area contributed by atoms with Crippen LogP contribution in [0.5, 0.6) is 5.75 Å². The number of nitro benzene ring substituents is 1. The maximum Gasteiger partial charge on any atom is 0.271 e. The summed E-state index contributed by atoms with van der Waals surface area (Å²) >= 11 is 7.07. The van der Waals surface area contributed by atoms with E-state index in [1.54, 1.807) is 41.0 Å². The van der Waals surface area contributed by atoms with Crippen molar-refractivity contribution in [2.45, 2.75) is 18.3 Å². The fourth-order valence-electron chi connectivity index (χ4n) is 2.55. The molecule has 0 aliphatic rings. The second-order valence-electron chi connectivity index (χ2n) is 6.18. The van der Waals surface area contributed by atoms with Crippen LogP contribution in [-0.2, 0) is 17.9 Å². The van der Waals surface area contributed by atoms with Gasteiger partial charge in [0.25, 0.3) is 5.69 Å². The molecule has 2 aromatic carbocycles. The van der Waals surface area contributed by atoms with E-state index in [9.17, 15) is 14.9 Å². The lowest BCUT2D eigenvalue weighted by atomic mass is 10.3. The minimum absolute atomic E-state index is 0.0516. The van der Waals surface area contributed by atoms with Crippen LogP contribution in [0.2, 0.25) is 5.02 Å². The smallest absolute Gasteiger partial charge is 0.271 e. The third kappa shape index (κ3) is 6.30. The molecule has 1 heterocycles. The lowest BCUT2D eigenvalue weighted by Crippen LogP contribution is -2.15. The van der Waals surface area contributed by atoms with Gasteiger partial charge in [0.2, 0.25) is 5.91 Å². The quantitative estimate of drug-likeness (QED) is 0.208. The van der Waals surface area contributed by atoms with Crippen molar-refractivity contribution in [1.82, 2.24) is 14.8 Å². The van der Waals surface area contributed by atoms with Gasteiger partial charge in [-0.15, -0.1) is 16.8 Å². The van der Waals surface area contributed by atoms with Crippen LogP contribution in [-0.4, -0.2) is 31.3 Å². The number of carbonyl (C=O) groups is 1. The van der Waals surface area contributed by atoms with E-state index in [1.165, 1.54) is 30.0 Å². The van der Waals surface area contributed by atoms with E-state index in [4.69, 9.17) is 16.3 Å². The molecular formula is C20H18ClN5O4S. The number of ether oxygens (including phenoxy) is 1. The Balaban J connectivity index is 1.61. The highest BCUT2D eigenvalue weighted by Gasteiger charge is 2.15. The molecule has 160 valence electrons. The van der Waals surface area contributed by atoms with Gasteiger partial charge in [-0.2, -0.15) is 0 Å². The van der Waals surface area contributed by atoms with Gasteiger partial charge in [0.15, 0.2) is 11.0 Å². The van der Waals surface area contributed by atoms with Crippen molar-refractivity contribution >= 4 is 40.6 Å². The van der Waals surface area contributed by atoms with Crippen LogP contribution in [0, 0.1) is 10.1 Å². The number of hydrogen-bond acceptors (Lipinski definition) is 7. The zero-order valence-electron chi connectivity index (χ0n) is 16.2. The number of thioether (sulfide) groups is 1. The van der Waals surface area contributed by atoms with Gasteiger partial charge in [0.05, 0.1) is 10.7 Å². The normalized spacial score (nSPS) is 10.5. The minimum atomic E-state index is -0.518. The second kappa shape index (κ2) is 10.6. The molecule has 0 aliphatic carbocycles. The molecule has 1 N–H and O–H groups in total. The third-order valence-corrected chi connectivity index (χ3v) is 5.18. The summed E-state index contributed by atoms with van der Waals surface area (Å²) < 4.78 is 7.52. The van der Waals surface area contributed by atoms with Crippen LogP contribution < -0.4 is 10.1 Å². The first kappa shape index (κ1) is 22.3. The molecule has 31 heavy (non-hydrogen) atoms. The number of non-ortho nitro benzene ring substituents is 1. The Morgan fingerprint density at radius 1 is 1.29 bits per heavy atom. The molecule has 1 aromatic heterocycles. The molecule has 0 saturated heterocycles. The molecule has 0 radical (unpaired) electrons. The topological polar surface area (TPSA) is 112 Å². The van der Waals surface area contributed by atoms with E-state index in [-0.39, 0.29) is 24.0 Å². The molecule has 0 spiro atoms. The summed E-state index contributed by atoms with van der Waals surface area (Å²) in [6.45, 7) is 4.37.